The summed E-state index contributed by atoms with van der Waals surface area (Å²) >= 11 is 5.88. The van der Waals surface area contributed by atoms with Crippen LogP contribution in [0, 0.1) is 5.92 Å². The normalized spacial score (nSPS) is 17.8. The fourth-order valence-electron chi connectivity index (χ4n) is 2.40. The molecule has 1 atom stereocenters. The Morgan fingerprint density at radius 3 is 2.57 bits per heavy atom. The molecule has 1 heterocycles. The Kier molecular flexibility index (Phi) is 4.44. The highest BCUT2D eigenvalue weighted by molar-refractivity contribution is 6.30. The number of amides is 1. The molecule has 0 saturated carbocycles. The predicted molar refractivity (Wildman–Crippen MR) is 91.9 cm³/mol. The van der Waals surface area contributed by atoms with Crippen LogP contribution >= 0.6 is 11.6 Å². The number of halogens is 1. The van der Waals surface area contributed by atoms with Gasteiger partial charge in [0.1, 0.15) is 0 Å². The molecule has 0 bridgehead atoms. The molecule has 1 amide bonds. The van der Waals surface area contributed by atoms with Crippen molar-refractivity contribution in [2.45, 2.75) is 6.54 Å². The van der Waals surface area contributed by atoms with Crippen LogP contribution in [0.15, 0.2) is 66.9 Å². The molecule has 4 nitrogen and oxygen atoms in total. The van der Waals surface area contributed by atoms with Gasteiger partial charge in [-0.3, -0.25) is 10.2 Å². The maximum atomic E-state index is 12.5. The first-order valence-corrected chi connectivity index (χ1v) is 7.68. The number of carbonyl (C=O) groups excluding carboxylic acids is 1. The second kappa shape index (κ2) is 6.67. The van der Waals surface area contributed by atoms with Crippen molar-refractivity contribution in [3.63, 3.8) is 0 Å². The SMILES string of the molecule is C=C1NN(c2ccc(Cl)cc2)C(=O)C1C=[NH+]Cc1ccccc1. The number of hydrogen-bond donors (Lipinski definition) is 2. The van der Waals surface area contributed by atoms with Crippen LogP contribution < -0.4 is 15.4 Å². The van der Waals surface area contributed by atoms with Gasteiger partial charge in [-0.05, 0) is 24.3 Å². The fraction of sp³-hybridized carbons (Fsp3) is 0.111. The topological polar surface area (TPSA) is 46.3 Å². The Morgan fingerprint density at radius 2 is 1.87 bits per heavy atom. The molecule has 3 rings (SSSR count). The van der Waals surface area contributed by atoms with Crippen LogP contribution in [0.5, 0.6) is 0 Å². The zero-order chi connectivity index (χ0) is 16.2. The highest BCUT2D eigenvalue weighted by Gasteiger charge is 2.36. The molecular weight excluding hydrogens is 310 g/mol. The third kappa shape index (κ3) is 3.43. The molecule has 0 aliphatic carbocycles. The molecule has 0 radical (unpaired) electrons. The minimum absolute atomic E-state index is 0.0714. The highest BCUT2D eigenvalue weighted by atomic mass is 35.5. The van der Waals surface area contributed by atoms with Gasteiger partial charge < -0.3 is 0 Å². The molecule has 23 heavy (non-hydrogen) atoms. The van der Waals surface area contributed by atoms with E-state index in [2.05, 4.69) is 17.0 Å². The molecule has 0 spiro atoms. The average Bonchev–Trinajstić information content (AvgIpc) is 2.85. The van der Waals surface area contributed by atoms with Crippen LogP contribution in [0.1, 0.15) is 5.56 Å². The van der Waals surface area contributed by atoms with Crippen molar-refractivity contribution in [2.24, 2.45) is 5.92 Å². The van der Waals surface area contributed by atoms with Crippen molar-refractivity contribution in [1.29, 1.82) is 0 Å². The quantitative estimate of drug-likeness (QED) is 0.840. The smallest absolute Gasteiger partial charge is 0.264 e. The predicted octanol–water partition coefficient (Wildman–Crippen LogP) is 1.67. The van der Waals surface area contributed by atoms with E-state index in [0.717, 1.165) is 11.3 Å². The Hall–Kier alpha value is -2.59. The van der Waals surface area contributed by atoms with E-state index in [0.29, 0.717) is 17.3 Å². The lowest BCUT2D eigenvalue weighted by molar-refractivity contribution is -0.471. The summed E-state index contributed by atoms with van der Waals surface area (Å²) in [7, 11) is 0. The Morgan fingerprint density at radius 1 is 1.17 bits per heavy atom. The van der Waals surface area contributed by atoms with Crippen molar-refractivity contribution in [3.8, 4) is 0 Å². The number of nitrogens with zero attached hydrogens (tertiary/aromatic N) is 1. The lowest BCUT2D eigenvalue weighted by atomic mass is 10.1. The van der Waals surface area contributed by atoms with Gasteiger partial charge in [-0.15, -0.1) is 0 Å². The second-order valence-electron chi connectivity index (χ2n) is 5.30. The molecule has 1 unspecified atom stereocenters. The number of hydrazine groups is 1. The van der Waals surface area contributed by atoms with E-state index in [1.54, 1.807) is 30.5 Å². The number of hydrogen-bond acceptors (Lipinski definition) is 2. The third-order valence-electron chi connectivity index (χ3n) is 3.64. The maximum Gasteiger partial charge on any atom is 0.264 e. The van der Waals surface area contributed by atoms with Crippen molar-refractivity contribution in [1.82, 2.24) is 5.43 Å². The highest BCUT2D eigenvalue weighted by Crippen LogP contribution is 2.24. The summed E-state index contributed by atoms with van der Waals surface area (Å²) in [5, 5.41) is 2.12. The largest absolute Gasteiger partial charge is 0.295 e. The summed E-state index contributed by atoms with van der Waals surface area (Å²) in [6.45, 7) is 4.60. The van der Waals surface area contributed by atoms with E-state index in [9.17, 15) is 4.79 Å². The molecule has 0 aromatic heterocycles. The van der Waals surface area contributed by atoms with Gasteiger partial charge in [-0.25, -0.2) is 10.0 Å². The first-order valence-electron chi connectivity index (χ1n) is 7.31. The molecule has 1 fully saturated rings. The molecule has 1 saturated heterocycles. The van der Waals surface area contributed by atoms with Crippen LogP contribution in [-0.4, -0.2) is 12.1 Å². The van der Waals surface area contributed by atoms with Gasteiger partial charge in [0.05, 0.1) is 5.69 Å². The Labute approximate surface area is 140 Å². The summed E-state index contributed by atoms with van der Waals surface area (Å²) < 4.78 is 0. The minimum Gasteiger partial charge on any atom is -0.295 e. The fourth-order valence-corrected chi connectivity index (χ4v) is 2.53. The van der Waals surface area contributed by atoms with Crippen molar-refractivity contribution < 1.29 is 9.79 Å². The van der Waals surface area contributed by atoms with Crippen LogP contribution in [-0.2, 0) is 11.3 Å². The molecule has 2 aromatic rings. The molecule has 2 aromatic carbocycles. The van der Waals surface area contributed by atoms with Gasteiger partial charge in [-0.1, -0.05) is 48.5 Å². The van der Waals surface area contributed by atoms with Gasteiger partial charge in [0, 0.05) is 16.3 Å². The number of nitrogens with one attached hydrogen (secondary N) is 2. The number of carbonyl (C=O) groups is 1. The molecule has 5 heteroatoms. The molecule has 116 valence electrons. The van der Waals surface area contributed by atoms with E-state index in [1.807, 2.05) is 30.3 Å². The van der Waals surface area contributed by atoms with E-state index in [-0.39, 0.29) is 5.91 Å². The van der Waals surface area contributed by atoms with E-state index < -0.39 is 5.92 Å². The standard InChI is InChI=1S/C18H16ClN3O/c1-13-17(12-20-11-14-5-3-2-4-6-14)18(23)22(21-13)16-9-7-15(19)8-10-16/h2-10,12,17,21H,1,11H2/p+1. The van der Waals surface area contributed by atoms with Gasteiger partial charge >= 0.3 is 0 Å². The summed E-state index contributed by atoms with van der Waals surface area (Å²) in [4.78, 5) is 15.7. The third-order valence-corrected chi connectivity index (χ3v) is 3.89. The lowest BCUT2D eigenvalue weighted by Gasteiger charge is -2.15. The first-order chi connectivity index (χ1) is 11.1. The number of anilines is 1. The van der Waals surface area contributed by atoms with Crippen molar-refractivity contribution in [3.05, 3.63) is 77.5 Å². The van der Waals surface area contributed by atoms with Gasteiger partial charge in [0.25, 0.3) is 5.91 Å². The second-order valence-corrected chi connectivity index (χ2v) is 5.73. The van der Waals surface area contributed by atoms with E-state index in [1.165, 1.54) is 5.01 Å². The van der Waals surface area contributed by atoms with Crippen molar-refractivity contribution >= 4 is 29.4 Å². The van der Waals surface area contributed by atoms with Crippen LogP contribution in [0.2, 0.25) is 5.02 Å². The summed E-state index contributed by atoms with van der Waals surface area (Å²) in [6.07, 6.45) is 1.78. The number of benzene rings is 2. The van der Waals surface area contributed by atoms with Crippen LogP contribution in [0.25, 0.3) is 0 Å². The monoisotopic (exact) mass is 326 g/mol. The lowest BCUT2D eigenvalue weighted by Crippen LogP contribution is -2.68. The first kappa shape index (κ1) is 15.3. The Balaban J connectivity index is 1.70. The van der Waals surface area contributed by atoms with Gasteiger partial charge in [-0.2, -0.15) is 0 Å². The van der Waals surface area contributed by atoms with Crippen LogP contribution in [0.3, 0.4) is 0 Å². The molecular formula is C18H17ClN3O+. The van der Waals surface area contributed by atoms with Gasteiger partial charge in [0.15, 0.2) is 18.7 Å². The molecule has 1 aliphatic heterocycles. The average molecular weight is 327 g/mol. The number of rotatable bonds is 4. The Bertz CT molecular complexity index is 741. The van der Waals surface area contributed by atoms with E-state index >= 15 is 0 Å². The maximum absolute atomic E-state index is 12.5. The summed E-state index contributed by atoms with van der Waals surface area (Å²) in [5.74, 6) is -0.479. The van der Waals surface area contributed by atoms with Gasteiger partial charge in [0.2, 0.25) is 0 Å². The minimum atomic E-state index is -0.408. The molecule has 2 N–H and O–H groups in total. The summed E-state index contributed by atoms with van der Waals surface area (Å²) in [6, 6.07) is 17.1. The van der Waals surface area contributed by atoms with E-state index in [4.69, 9.17) is 11.6 Å². The zero-order valence-corrected chi connectivity index (χ0v) is 13.3. The van der Waals surface area contributed by atoms with Crippen LogP contribution in [0.4, 0.5) is 5.69 Å². The molecule has 1 aliphatic rings. The van der Waals surface area contributed by atoms with Crippen molar-refractivity contribution in [2.75, 3.05) is 5.01 Å². The zero-order valence-electron chi connectivity index (χ0n) is 12.5. The summed E-state index contributed by atoms with van der Waals surface area (Å²) in [5.41, 5.74) is 5.55.